The van der Waals surface area contributed by atoms with Gasteiger partial charge >= 0.3 is 0 Å². The average molecular weight is 381 g/mol. The number of fused-ring (bicyclic) bond motifs is 1. The number of ether oxygens (including phenoxy) is 1. The third kappa shape index (κ3) is 3.14. The van der Waals surface area contributed by atoms with Crippen LogP contribution in [0.2, 0.25) is 0 Å². The highest BCUT2D eigenvalue weighted by molar-refractivity contribution is 5.88. The normalized spacial score (nSPS) is 18.6. The Morgan fingerprint density at radius 3 is 2.54 bits per heavy atom. The molecule has 0 spiro atoms. The van der Waals surface area contributed by atoms with Gasteiger partial charge in [-0.2, -0.15) is 4.98 Å². The second kappa shape index (κ2) is 7.28. The molecular formula is C18H23N9O. The number of nitrogens with two attached hydrogens (primary N) is 1. The van der Waals surface area contributed by atoms with Gasteiger partial charge in [0, 0.05) is 37.1 Å². The van der Waals surface area contributed by atoms with Gasteiger partial charge in [-0.05, 0) is 25.9 Å². The Morgan fingerprint density at radius 1 is 1.04 bits per heavy atom. The van der Waals surface area contributed by atoms with Gasteiger partial charge in [-0.25, -0.2) is 19.9 Å². The van der Waals surface area contributed by atoms with Crippen molar-refractivity contribution in [2.75, 3.05) is 50.0 Å². The van der Waals surface area contributed by atoms with E-state index in [0.717, 1.165) is 61.4 Å². The monoisotopic (exact) mass is 381 g/mol. The minimum atomic E-state index is 0.239. The lowest BCUT2D eigenvalue weighted by Gasteiger charge is -2.28. The van der Waals surface area contributed by atoms with E-state index in [1.807, 2.05) is 6.33 Å². The topological polar surface area (TPSA) is 120 Å². The van der Waals surface area contributed by atoms with E-state index in [9.17, 15) is 0 Å². The first-order valence-corrected chi connectivity index (χ1v) is 9.65. The van der Waals surface area contributed by atoms with Crippen molar-refractivity contribution in [3.8, 4) is 11.3 Å². The molecule has 28 heavy (non-hydrogen) atoms. The highest BCUT2D eigenvalue weighted by Crippen LogP contribution is 2.30. The highest BCUT2D eigenvalue weighted by Gasteiger charge is 2.23. The summed E-state index contributed by atoms with van der Waals surface area (Å²) in [7, 11) is 0. The molecule has 0 aliphatic carbocycles. The van der Waals surface area contributed by atoms with Crippen molar-refractivity contribution in [2.45, 2.75) is 18.9 Å². The van der Waals surface area contributed by atoms with E-state index < -0.39 is 0 Å². The first-order valence-electron chi connectivity index (χ1n) is 9.65. The summed E-state index contributed by atoms with van der Waals surface area (Å²) in [6.45, 7) is 4.90. The first kappa shape index (κ1) is 17.3. The molecule has 0 unspecified atom stereocenters. The fourth-order valence-electron chi connectivity index (χ4n) is 3.82. The van der Waals surface area contributed by atoms with Crippen molar-refractivity contribution < 1.29 is 4.74 Å². The largest absolute Gasteiger partial charge is 0.378 e. The molecule has 10 nitrogen and oxygen atoms in total. The Balaban J connectivity index is 1.65. The van der Waals surface area contributed by atoms with Gasteiger partial charge < -0.3 is 25.3 Å². The maximum atomic E-state index is 5.66. The molecule has 10 heteroatoms. The van der Waals surface area contributed by atoms with Crippen LogP contribution in [0, 0.1) is 0 Å². The molecule has 0 bridgehead atoms. The fraction of sp³-hybridized carbons (Fsp3) is 0.500. The van der Waals surface area contributed by atoms with Crippen LogP contribution in [-0.2, 0) is 4.74 Å². The van der Waals surface area contributed by atoms with Crippen molar-refractivity contribution in [1.82, 2.24) is 34.8 Å². The van der Waals surface area contributed by atoms with Crippen LogP contribution in [0.1, 0.15) is 18.9 Å². The molecule has 5 rings (SSSR count). The maximum Gasteiger partial charge on any atom is 0.228 e. The first-order chi connectivity index (χ1) is 13.8. The van der Waals surface area contributed by atoms with E-state index >= 15 is 0 Å². The quantitative estimate of drug-likeness (QED) is 0.673. The SMILES string of the molecule is Nc1ncc(-c2nc(N3CCOCC3)nc3c2ncn3C2CCNCC2)cn1. The van der Waals surface area contributed by atoms with E-state index in [1.54, 1.807) is 12.4 Å². The lowest BCUT2D eigenvalue weighted by molar-refractivity contribution is 0.122. The number of morpholine rings is 1. The van der Waals surface area contributed by atoms with Gasteiger partial charge in [-0.15, -0.1) is 0 Å². The van der Waals surface area contributed by atoms with Crippen LogP contribution >= 0.6 is 0 Å². The molecule has 3 N–H and O–H groups in total. The van der Waals surface area contributed by atoms with Gasteiger partial charge in [0.2, 0.25) is 11.9 Å². The van der Waals surface area contributed by atoms with Crippen molar-refractivity contribution in [2.24, 2.45) is 0 Å². The van der Waals surface area contributed by atoms with E-state index in [-0.39, 0.29) is 5.95 Å². The van der Waals surface area contributed by atoms with Crippen molar-refractivity contribution in [1.29, 1.82) is 0 Å². The van der Waals surface area contributed by atoms with Gasteiger partial charge in [0.15, 0.2) is 5.65 Å². The average Bonchev–Trinajstić information content (AvgIpc) is 3.19. The number of hydrogen-bond acceptors (Lipinski definition) is 9. The summed E-state index contributed by atoms with van der Waals surface area (Å²) in [6, 6.07) is 0.384. The van der Waals surface area contributed by atoms with Crippen LogP contribution in [0.15, 0.2) is 18.7 Å². The lowest BCUT2D eigenvalue weighted by atomic mass is 10.1. The lowest BCUT2D eigenvalue weighted by Crippen LogP contribution is -2.37. The molecule has 5 heterocycles. The zero-order chi connectivity index (χ0) is 18.9. The molecule has 0 atom stereocenters. The Bertz CT molecular complexity index is 959. The van der Waals surface area contributed by atoms with Crippen molar-refractivity contribution in [3.05, 3.63) is 18.7 Å². The molecule has 2 aliphatic heterocycles. The molecular weight excluding hydrogens is 358 g/mol. The number of imidazole rings is 1. The smallest absolute Gasteiger partial charge is 0.228 e. The van der Waals surface area contributed by atoms with Crippen LogP contribution in [0.25, 0.3) is 22.4 Å². The predicted molar refractivity (Wildman–Crippen MR) is 105 cm³/mol. The van der Waals surface area contributed by atoms with Gasteiger partial charge in [0.1, 0.15) is 11.2 Å². The van der Waals surface area contributed by atoms with Gasteiger partial charge in [-0.3, -0.25) is 0 Å². The highest BCUT2D eigenvalue weighted by atomic mass is 16.5. The third-order valence-corrected chi connectivity index (χ3v) is 5.35. The van der Waals surface area contributed by atoms with Crippen molar-refractivity contribution >= 4 is 23.1 Å². The second-order valence-corrected chi connectivity index (χ2v) is 7.11. The van der Waals surface area contributed by atoms with E-state index in [2.05, 4.69) is 29.7 Å². The molecule has 0 amide bonds. The summed E-state index contributed by atoms with van der Waals surface area (Å²) < 4.78 is 7.68. The predicted octanol–water partition coefficient (Wildman–Crippen LogP) is 0.627. The van der Waals surface area contributed by atoms with Gasteiger partial charge in [0.05, 0.1) is 19.5 Å². The van der Waals surface area contributed by atoms with E-state index in [1.165, 1.54) is 0 Å². The van der Waals surface area contributed by atoms with Crippen LogP contribution < -0.4 is 16.0 Å². The van der Waals surface area contributed by atoms with Gasteiger partial charge in [0.25, 0.3) is 0 Å². The summed E-state index contributed by atoms with van der Waals surface area (Å²) in [6.07, 6.45) is 7.39. The third-order valence-electron chi connectivity index (χ3n) is 5.35. The number of aromatic nitrogens is 6. The summed E-state index contributed by atoms with van der Waals surface area (Å²) in [5.41, 5.74) is 8.81. The number of rotatable bonds is 3. The Labute approximate surface area is 162 Å². The zero-order valence-electron chi connectivity index (χ0n) is 15.6. The van der Waals surface area contributed by atoms with E-state index in [0.29, 0.717) is 25.2 Å². The molecule has 0 radical (unpaired) electrons. The fourth-order valence-corrected chi connectivity index (χ4v) is 3.82. The number of anilines is 2. The molecule has 0 aromatic carbocycles. The summed E-state index contributed by atoms with van der Waals surface area (Å²) in [5, 5.41) is 3.41. The van der Waals surface area contributed by atoms with Crippen LogP contribution in [0.3, 0.4) is 0 Å². The maximum absolute atomic E-state index is 5.66. The Kier molecular flexibility index (Phi) is 4.49. The zero-order valence-corrected chi connectivity index (χ0v) is 15.6. The van der Waals surface area contributed by atoms with Crippen LogP contribution in [0.5, 0.6) is 0 Å². The molecule has 2 saturated heterocycles. The Morgan fingerprint density at radius 2 is 1.79 bits per heavy atom. The molecule has 146 valence electrons. The van der Waals surface area contributed by atoms with E-state index in [4.69, 9.17) is 20.4 Å². The molecule has 0 saturated carbocycles. The number of nitrogens with zero attached hydrogens (tertiary/aromatic N) is 7. The molecule has 3 aromatic rings. The molecule has 3 aromatic heterocycles. The van der Waals surface area contributed by atoms with Gasteiger partial charge in [-0.1, -0.05) is 0 Å². The van der Waals surface area contributed by atoms with Crippen molar-refractivity contribution in [3.63, 3.8) is 0 Å². The summed E-state index contributed by atoms with van der Waals surface area (Å²) >= 11 is 0. The Hall–Kier alpha value is -2.85. The standard InChI is InChI=1S/C18H23N9O/c19-17-21-9-12(10-22-17)14-15-16(25-18(24-14)26-5-7-28-8-6-26)27(11-23-15)13-1-3-20-4-2-13/h9-11,13,20H,1-8H2,(H2,19,21,22). The summed E-state index contributed by atoms with van der Waals surface area (Å²) in [5.74, 6) is 0.931. The molecule has 2 aliphatic rings. The minimum Gasteiger partial charge on any atom is -0.378 e. The minimum absolute atomic E-state index is 0.239. The second-order valence-electron chi connectivity index (χ2n) is 7.11. The van der Waals surface area contributed by atoms with Crippen LogP contribution in [0.4, 0.5) is 11.9 Å². The number of nitrogen functional groups attached to an aromatic ring is 1. The van der Waals surface area contributed by atoms with Crippen LogP contribution in [-0.4, -0.2) is 68.9 Å². The number of piperidine rings is 1. The number of hydrogen-bond donors (Lipinski definition) is 2. The number of nitrogens with one attached hydrogen (secondary N) is 1. The summed E-state index contributed by atoms with van der Waals surface area (Å²) in [4.78, 5) is 24.8. The molecule has 2 fully saturated rings.